The number of amides is 1. The largest absolute Gasteiger partial charge is 0.481 e. The van der Waals surface area contributed by atoms with Gasteiger partial charge in [-0.25, -0.2) is 4.68 Å². The van der Waals surface area contributed by atoms with Crippen LogP contribution in [0.1, 0.15) is 36.2 Å². The van der Waals surface area contributed by atoms with E-state index in [-0.39, 0.29) is 24.8 Å². The molecule has 1 amide bonds. The van der Waals surface area contributed by atoms with Crippen LogP contribution in [-0.4, -0.2) is 44.8 Å². The first-order valence-electron chi connectivity index (χ1n) is 8.00. The Morgan fingerprint density at radius 2 is 2.08 bits per heavy atom. The third kappa shape index (κ3) is 4.44. The monoisotopic (exact) mass is 329 g/mol. The van der Waals surface area contributed by atoms with E-state index in [0.717, 1.165) is 11.3 Å². The molecule has 0 saturated heterocycles. The van der Waals surface area contributed by atoms with E-state index < -0.39 is 5.97 Å². The zero-order chi connectivity index (χ0) is 17.7. The minimum atomic E-state index is -0.901. The Morgan fingerprint density at radius 3 is 2.62 bits per heavy atom. The van der Waals surface area contributed by atoms with Crippen LogP contribution in [-0.2, 0) is 4.79 Å². The third-order valence-electron chi connectivity index (χ3n) is 3.66. The predicted molar refractivity (Wildman–Crippen MR) is 91.3 cm³/mol. The quantitative estimate of drug-likeness (QED) is 0.847. The minimum absolute atomic E-state index is 0.0528. The van der Waals surface area contributed by atoms with Gasteiger partial charge >= 0.3 is 5.97 Å². The summed E-state index contributed by atoms with van der Waals surface area (Å²) in [6, 6.07) is 7.29. The minimum Gasteiger partial charge on any atom is -0.481 e. The van der Waals surface area contributed by atoms with Crippen molar-refractivity contribution in [2.45, 2.75) is 27.2 Å². The van der Waals surface area contributed by atoms with Crippen molar-refractivity contribution in [3.63, 3.8) is 0 Å². The summed E-state index contributed by atoms with van der Waals surface area (Å²) in [7, 11) is 0. The Morgan fingerprint density at radius 1 is 1.33 bits per heavy atom. The summed E-state index contributed by atoms with van der Waals surface area (Å²) in [5, 5.41) is 13.1. The highest BCUT2D eigenvalue weighted by Gasteiger charge is 2.18. The Bertz CT molecular complexity index is 708. The predicted octanol–water partition coefficient (Wildman–Crippen LogP) is 2.75. The number of aliphatic carboxylic acids is 1. The van der Waals surface area contributed by atoms with Crippen LogP contribution in [0.5, 0.6) is 0 Å². The van der Waals surface area contributed by atoms with E-state index in [1.165, 1.54) is 0 Å². The number of carboxylic acids is 1. The summed E-state index contributed by atoms with van der Waals surface area (Å²) in [5.74, 6) is -0.769. The van der Waals surface area contributed by atoms with Crippen LogP contribution in [0.25, 0.3) is 5.69 Å². The van der Waals surface area contributed by atoms with Gasteiger partial charge in [-0.05, 0) is 42.7 Å². The molecule has 24 heavy (non-hydrogen) atoms. The molecule has 0 unspecified atom stereocenters. The van der Waals surface area contributed by atoms with Gasteiger partial charge < -0.3 is 10.0 Å². The highest BCUT2D eigenvalue weighted by atomic mass is 16.4. The van der Waals surface area contributed by atoms with Crippen molar-refractivity contribution in [2.75, 3.05) is 13.1 Å². The highest BCUT2D eigenvalue weighted by Crippen LogP contribution is 2.17. The average Bonchev–Trinajstić information content (AvgIpc) is 3.04. The van der Waals surface area contributed by atoms with Gasteiger partial charge in [-0.1, -0.05) is 13.8 Å². The first-order valence-corrected chi connectivity index (χ1v) is 8.00. The molecule has 6 nitrogen and oxygen atoms in total. The van der Waals surface area contributed by atoms with Gasteiger partial charge in [0.05, 0.1) is 12.1 Å². The van der Waals surface area contributed by atoms with Crippen molar-refractivity contribution >= 4 is 11.9 Å². The van der Waals surface area contributed by atoms with Crippen LogP contribution >= 0.6 is 0 Å². The molecule has 0 spiro atoms. The lowest BCUT2D eigenvalue weighted by atomic mass is 10.1. The lowest BCUT2D eigenvalue weighted by Gasteiger charge is -2.24. The first kappa shape index (κ1) is 17.7. The number of aromatic nitrogens is 2. The van der Waals surface area contributed by atoms with Crippen LogP contribution in [0.3, 0.4) is 0 Å². The number of aryl methyl sites for hydroxylation is 1. The Kier molecular flexibility index (Phi) is 5.73. The molecular formula is C18H23N3O3. The summed E-state index contributed by atoms with van der Waals surface area (Å²) in [6.45, 7) is 6.69. The molecule has 6 heteroatoms. The molecule has 0 bridgehead atoms. The normalized spacial score (nSPS) is 10.8. The maximum Gasteiger partial charge on any atom is 0.305 e. The molecule has 0 saturated carbocycles. The second-order valence-corrected chi connectivity index (χ2v) is 6.24. The van der Waals surface area contributed by atoms with Crippen molar-refractivity contribution in [2.24, 2.45) is 5.92 Å². The number of benzene rings is 1. The van der Waals surface area contributed by atoms with Crippen LogP contribution in [0.2, 0.25) is 0 Å². The summed E-state index contributed by atoms with van der Waals surface area (Å²) < 4.78 is 1.75. The first-order chi connectivity index (χ1) is 11.4. The van der Waals surface area contributed by atoms with Gasteiger partial charge in [0.2, 0.25) is 0 Å². The number of carboxylic acid groups (broad SMARTS) is 1. The van der Waals surface area contributed by atoms with Crippen LogP contribution in [0.15, 0.2) is 36.7 Å². The molecule has 0 fully saturated rings. The smallest absolute Gasteiger partial charge is 0.305 e. The van der Waals surface area contributed by atoms with Gasteiger partial charge in [-0.3, -0.25) is 9.59 Å². The zero-order valence-electron chi connectivity index (χ0n) is 14.3. The lowest BCUT2D eigenvalue weighted by molar-refractivity contribution is -0.137. The molecule has 128 valence electrons. The van der Waals surface area contributed by atoms with Gasteiger partial charge in [-0.2, -0.15) is 5.10 Å². The maximum atomic E-state index is 12.8. The standard InChI is InChI=1S/C18H23N3O3/c1-13(2)12-20(10-7-17(22)23)18(24)15-5-6-16(14(3)11-15)21-9-4-8-19-21/h4-6,8-9,11,13H,7,10,12H2,1-3H3,(H,22,23). The van der Waals surface area contributed by atoms with Crippen LogP contribution < -0.4 is 0 Å². The molecule has 2 rings (SSSR count). The molecule has 0 atom stereocenters. The van der Waals surface area contributed by atoms with Crippen LogP contribution in [0, 0.1) is 12.8 Å². The topological polar surface area (TPSA) is 75.4 Å². The molecule has 0 aliphatic carbocycles. The Hall–Kier alpha value is -2.63. The molecule has 1 aromatic heterocycles. The fourth-order valence-electron chi connectivity index (χ4n) is 2.59. The molecule has 1 aromatic carbocycles. The van der Waals surface area contributed by atoms with E-state index >= 15 is 0 Å². The van der Waals surface area contributed by atoms with E-state index in [4.69, 9.17) is 5.11 Å². The Labute approximate surface area is 141 Å². The number of carbonyl (C=O) groups excluding carboxylic acids is 1. The molecule has 2 aromatic rings. The zero-order valence-corrected chi connectivity index (χ0v) is 14.3. The fraction of sp³-hybridized carbons (Fsp3) is 0.389. The van der Waals surface area contributed by atoms with E-state index in [9.17, 15) is 9.59 Å². The lowest BCUT2D eigenvalue weighted by Crippen LogP contribution is -2.36. The second-order valence-electron chi connectivity index (χ2n) is 6.24. The molecule has 0 aliphatic heterocycles. The van der Waals surface area contributed by atoms with Crippen molar-refractivity contribution in [1.82, 2.24) is 14.7 Å². The summed E-state index contributed by atoms with van der Waals surface area (Å²) in [5.41, 5.74) is 2.42. The summed E-state index contributed by atoms with van der Waals surface area (Å²) >= 11 is 0. The van der Waals surface area contributed by atoms with Gasteiger partial charge in [0, 0.05) is 31.0 Å². The SMILES string of the molecule is Cc1cc(C(=O)N(CCC(=O)O)CC(C)C)ccc1-n1cccn1. The van der Waals surface area contributed by atoms with E-state index in [1.807, 2.05) is 45.2 Å². The molecule has 0 aliphatic rings. The Balaban J connectivity index is 2.22. The maximum absolute atomic E-state index is 12.8. The van der Waals surface area contributed by atoms with E-state index in [2.05, 4.69) is 5.10 Å². The van der Waals surface area contributed by atoms with Crippen molar-refractivity contribution in [3.05, 3.63) is 47.8 Å². The average molecular weight is 329 g/mol. The van der Waals surface area contributed by atoms with Crippen molar-refractivity contribution in [1.29, 1.82) is 0 Å². The third-order valence-corrected chi connectivity index (χ3v) is 3.66. The van der Waals surface area contributed by atoms with Crippen molar-refractivity contribution in [3.8, 4) is 5.69 Å². The van der Waals surface area contributed by atoms with E-state index in [0.29, 0.717) is 12.1 Å². The summed E-state index contributed by atoms with van der Waals surface area (Å²) in [4.78, 5) is 25.2. The number of rotatable bonds is 7. The summed E-state index contributed by atoms with van der Waals surface area (Å²) in [6.07, 6.45) is 3.50. The van der Waals surface area contributed by atoms with Crippen molar-refractivity contribution < 1.29 is 14.7 Å². The molecule has 1 heterocycles. The molecule has 1 N–H and O–H groups in total. The molecular weight excluding hydrogens is 306 g/mol. The van der Waals surface area contributed by atoms with Gasteiger partial charge in [0.1, 0.15) is 0 Å². The highest BCUT2D eigenvalue weighted by molar-refractivity contribution is 5.95. The number of hydrogen-bond donors (Lipinski definition) is 1. The number of nitrogens with zero attached hydrogens (tertiary/aromatic N) is 3. The van der Waals surface area contributed by atoms with Crippen LogP contribution in [0.4, 0.5) is 0 Å². The number of carbonyl (C=O) groups is 2. The molecule has 0 radical (unpaired) electrons. The van der Waals surface area contributed by atoms with Gasteiger partial charge in [0.15, 0.2) is 0 Å². The second kappa shape index (κ2) is 7.77. The number of hydrogen-bond acceptors (Lipinski definition) is 3. The van der Waals surface area contributed by atoms with E-state index in [1.54, 1.807) is 21.8 Å². The van der Waals surface area contributed by atoms with Gasteiger partial charge in [0.25, 0.3) is 5.91 Å². The van der Waals surface area contributed by atoms with Gasteiger partial charge in [-0.15, -0.1) is 0 Å². The fourth-order valence-corrected chi connectivity index (χ4v) is 2.59.